The number of hydrogen-bond acceptors (Lipinski definition) is 4. The Morgan fingerprint density at radius 1 is 1.19 bits per heavy atom. The summed E-state index contributed by atoms with van der Waals surface area (Å²) in [4.78, 5) is 23.2. The van der Waals surface area contributed by atoms with Crippen molar-refractivity contribution in [3.63, 3.8) is 0 Å². The van der Waals surface area contributed by atoms with E-state index in [-0.39, 0.29) is 5.78 Å². The zero-order chi connectivity index (χ0) is 11.7. The van der Waals surface area contributed by atoms with E-state index in [4.69, 9.17) is 9.47 Å². The number of ether oxygens (including phenoxy) is 2. The van der Waals surface area contributed by atoms with Crippen molar-refractivity contribution in [2.75, 3.05) is 14.2 Å². The topological polar surface area (TPSA) is 52.6 Å². The molecule has 0 atom stereocenters. The Balaban J connectivity index is 2.38. The summed E-state index contributed by atoms with van der Waals surface area (Å²) in [5.41, 5.74) is 2.12. The van der Waals surface area contributed by atoms with E-state index < -0.39 is 5.97 Å². The van der Waals surface area contributed by atoms with Crippen molar-refractivity contribution in [3.05, 3.63) is 22.5 Å². The molecule has 0 N–H and O–H groups in total. The Hall–Kier alpha value is -1.58. The molecule has 0 heterocycles. The number of hydrogen-bond donors (Lipinski definition) is 0. The minimum atomic E-state index is -0.404. The average Bonchev–Trinajstić information content (AvgIpc) is 2.68. The van der Waals surface area contributed by atoms with Crippen LogP contribution in [0.1, 0.15) is 25.7 Å². The van der Waals surface area contributed by atoms with Gasteiger partial charge in [0.1, 0.15) is 5.76 Å². The molecule has 2 aliphatic carbocycles. The zero-order valence-electron chi connectivity index (χ0n) is 9.46. The van der Waals surface area contributed by atoms with Crippen LogP contribution in [-0.4, -0.2) is 26.0 Å². The third kappa shape index (κ3) is 1.54. The summed E-state index contributed by atoms with van der Waals surface area (Å²) in [7, 11) is 2.86. The van der Waals surface area contributed by atoms with Crippen LogP contribution in [0.5, 0.6) is 0 Å². The number of rotatable bonds is 2. The van der Waals surface area contributed by atoms with Crippen molar-refractivity contribution >= 4 is 11.8 Å². The standard InChI is InChI=1S/C12H14O4/c1-15-11-7-4-3-5-10(13)8(7)6-9(11)12(14)16-2/h3-6H2,1-2H3. The monoisotopic (exact) mass is 222 g/mol. The molecule has 2 aliphatic rings. The molecule has 86 valence electrons. The molecule has 0 aromatic heterocycles. The van der Waals surface area contributed by atoms with Gasteiger partial charge in [-0.3, -0.25) is 4.79 Å². The predicted octanol–water partition coefficient (Wildman–Crippen LogP) is 1.51. The van der Waals surface area contributed by atoms with E-state index in [9.17, 15) is 9.59 Å². The number of esters is 1. The first-order valence-electron chi connectivity index (χ1n) is 5.30. The second kappa shape index (κ2) is 4.12. The molecule has 0 saturated heterocycles. The highest BCUT2D eigenvalue weighted by molar-refractivity contribution is 6.03. The number of carbonyl (C=O) groups is 2. The molecule has 4 heteroatoms. The lowest BCUT2D eigenvalue weighted by molar-refractivity contribution is -0.136. The molecule has 0 bridgehead atoms. The fourth-order valence-corrected chi connectivity index (χ4v) is 2.33. The maximum absolute atomic E-state index is 11.7. The predicted molar refractivity (Wildman–Crippen MR) is 56.6 cm³/mol. The average molecular weight is 222 g/mol. The molecule has 2 rings (SSSR count). The molecule has 0 saturated carbocycles. The third-order valence-electron chi connectivity index (χ3n) is 3.07. The lowest BCUT2D eigenvalue weighted by Gasteiger charge is -2.14. The van der Waals surface area contributed by atoms with E-state index in [0.29, 0.717) is 24.2 Å². The van der Waals surface area contributed by atoms with Gasteiger partial charge in [-0.2, -0.15) is 0 Å². The first-order chi connectivity index (χ1) is 7.69. The minimum absolute atomic E-state index is 0.134. The highest BCUT2D eigenvalue weighted by Gasteiger charge is 2.34. The van der Waals surface area contributed by atoms with Crippen molar-refractivity contribution in [2.24, 2.45) is 0 Å². The summed E-state index contributed by atoms with van der Waals surface area (Å²) in [6, 6.07) is 0. The first-order valence-corrected chi connectivity index (χ1v) is 5.30. The molecule has 0 unspecified atom stereocenters. The van der Waals surface area contributed by atoms with E-state index in [1.54, 1.807) is 0 Å². The highest BCUT2D eigenvalue weighted by Crippen LogP contribution is 2.39. The molecule has 4 nitrogen and oxygen atoms in total. The van der Waals surface area contributed by atoms with Gasteiger partial charge in [-0.1, -0.05) is 0 Å². The van der Waals surface area contributed by atoms with Crippen LogP contribution in [0.15, 0.2) is 22.5 Å². The Morgan fingerprint density at radius 2 is 1.94 bits per heavy atom. The van der Waals surface area contributed by atoms with E-state index in [2.05, 4.69) is 0 Å². The molecular formula is C12H14O4. The van der Waals surface area contributed by atoms with Gasteiger partial charge in [-0.05, 0) is 12.8 Å². The maximum Gasteiger partial charge on any atom is 0.337 e. The molecule has 0 amide bonds. The Kier molecular flexibility index (Phi) is 2.81. The first kappa shape index (κ1) is 10.9. The van der Waals surface area contributed by atoms with Crippen molar-refractivity contribution in [1.29, 1.82) is 0 Å². The molecular weight excluding hydrogens is 208 g/mol. The fraction of sp³-hybridized carbons (Fsp3) is 0.500. The van der Waals surface area contributed by atoms with Gasteiger partial charge in [0.25, 0.3) is 0 Å². The SMILES string of the molecule is COC(=O)C1=C(OC)C2=C(C1)C(=O)CCC2. The second-order valence-corrected chi connectivity index (χ2v) is 3.91. The second-order valence-electron chi connectivity index (χ2n) is 3.91. The lowest BCUT2D eigenvalue weighted by atomic mass is 9.92. The van der Waals surface area contributed by atoms with E-state index >= 15 is 0 Å². The van der Waals surface area contributed by atoms with Gasteiger partial charge in [0.05, 0.1) is 19.8 Å². The van der Waals surface area contributed by atoms with Crippen molar-refractivity contribution in [3.8, 4) is 0 Å². The summed E-state index contributed by atoms with van der Waals surface area (Å²) in [5, 5.41) is 0. The zero-order valence-corrected chi connectivity index (χ0v) is 9.46. The normalized spacial score (nSPS) is 20.0. The summed E-state index contributed by atoms with van der Waals surface area (Å²) in [5.74, 6) is 0.281. The van der Waals surface area contributed by atoms with Gasteiger partial charge < -0.3 is 9.47 Å². The smallest absolute Gasteiger partial charge is 0.337 e. The molecule has 0 fully saturated rings. The largest absolute Gasteiger partial charge is 0.496 e. The molecule has 0 aliphatic heterocycles. The molecule has 0 aromatic carbocycles. The fourth-order valence-electron chi connectivity index (χ4n) is 2.33. The van der Waals surface area contributed by atoms with Gasteiger partial charge in [0.2, 0.25) is 0 Å². The molecule has 16 heavy (non-hydrogen) atoms. The third-order valence-corrected chi connectivity index (χ3v) is 3.07. The van der Waals surface area contributed by atoms with Crippen LogP contribution in [0.3, 0.4) is 0 Å². The van der Waals surface area contributed by atoms with Crippen molar-refractivity contribution < 1.29 is 19.1 Å². The van der Waals surface area contributed by atoms with Crippen LogP contribution in [0.25, 0.3) is 0 Å². The quantitative estimate of drug-likeness (QED) is 0.664. The maximum atomic E-state index is 11.7. The van der Waals surface area contributed by atoms with E-state index in [0.717, 1.165) is 24.0 Å². The van der Waals surface area contributed by atoms with Crippen LogP contribution in [0.4, 0.5) is 0 Å². The number of carbonyl (C=O) groups excluding carboxylic acids is 2. The molecule has 0 radical (unpaired) electrons. The van der Waals surface area contributed by atoms with Crippen LogP contribution in [-0.2, 0) is 19.1 Å². The Morgan fingerprint density at radius 3 is 2.56 bits per heavy atom. The summed E-state index contributed by atoms with van der Waals surface area (Å²) in [6.07, 6.45) is 2.58. The van der Waals surface area contributed by atoms with Crippen molar-refractivity contribution in [2.45, 2.75) is 25.7 Å². The number of allylic oxidation sites excluding steroid dienone is 2. The van der Waals surface area contributed by atoms with Crippen LogP contribution < -0.4 is 0 Å². The number of ketones is 1. The van der Waals surface area contributed by atoms with Crippen LogP contribution >= 0.6 is 0 Å². The van der Waals surface area contributed by atoms with E-state index in [1.165, 1.54) is 14.2 Å². The number of Topliss-reactive ketones (excluding diaryl/α,β-unsaturated/α-hetero) is 1. The minimum Gasteiger partial charge on any atom is -0.496 e. The number of methoxy groups -OCH3 is 2. The molecule has 0 spiro atoms. The van der Waals surface area contributed by atoms with Gasteiger partial charge in [0.15, 0.2) is 5.78 Å². The molecule has 0 aromatic rings. The Bertz CT molecular complexity index is 415. The van der Waals surface area contributed by atoms with Crippen LogP contribution in [0, 0.1) is 0 Å². The van der Waals surface area contributed by atoms with Gasteiger partial charge in [-0.15, -0.1) is 0 Å². The van der Waals surface area contributed by atoms with Gasteiger partial charge >= 0.3 is 5.97 Å². The highest BCUT2D eigenvalue weighted by atomic mass is 16.5. The van der Waals surface area contributed by atoms with E-state index in [1.807, 2.05) is 0 Å². The lowest BCUT2D eigenvalue weighted by Crippen LogP contribution is -2.09. The van der Waals surface area contributed by atoms with Crippen LogP contribution in [0.2, 0.25) is 0 Å². The summed E-state index contributed by atoms with van der Waals surface area (Å²) in [6.45, 7) is 0. The van der Waals surface area contributed by atoms with Gasteiger partial charge in [0, 0.05) is 24.0 Å². The van der Waals surface area contributed by atoms with Crippen molar-refractivity contribution in [1.82, 2.24) is 0 Å². The van der Waals surface area contributed by atoms with Gasteiger partial charge in [-0.25, -0.2) is 4.79 Å². The Labute approximate surface area is 93.9 Å². The summed E-state index contributed by atoms with van der Waals surface area (Å²) >= 11 is 0. The summed E-state index contributed by atoms with van der Waals surface area (Å²) < 4.78 is 9.93.